The van der Waals surface area contributed by atoms with Crippen molar-refractivity contribution in [1.82, 2.24) is 5.32 Å². The summed E-state index contributed by atoms with van der Waals surface area (Å²) in [4.78, 5) is 0. The van der Waals surface area contributed by atoms with Crippen LogP contribution < -0.4 is 10.6 Å². The molecule has 0 saturated heterocycles. The third kappa shape index (κ3) is 3.35. The van der Waals surface area contributed by atoms with Crippen molar-refractivity contribution >= 4 is 33.2 Å². The Balaban J connectivity index is 1.68. The van der Waals surface area contributed by atoms with Gasteiger partial charge in [0, 0.05) is 34.3 Å². The van der Waals surface area contributed by atoms with E-state index in [4.69, 9.17) is 11.6 Å². The molecule has 2 nitrogen and oxygen atoms in total. The lowest BCUT2D eigenvalue weighted by atomic mass is 10.1. The van der Waals surface area contributed by atoms with Gasteiger partial charge in [0.2, 0.25) is 0 Å². The molecule has 0 spiro atoms. The Bertz CT molecular complexity index is 598. The highest BCUT2D eigenvalue weighted by Crippen LogP contribution is 2.23. The van der Waals surface area contributed by atoms with Crippen LogP contribution in [0.3, 0.4) is 0 Å². The smallest absolute Gasteiger partial charge is 0.0406 e. The summed E-state index contributed by atoms with van der Waals surface area (Å²) in [6.07, 6.45) is 0.999. The maximum Gasteiger partial charge on any atom is 0.0406 e. The van der Waals surface area contributed by atoms with Crippen molar-refractivity contribution in [2.75, 3.05) is 11.9 Å². The molecule has 1 atom stereocenters. The van der Waals surface area contributed by atoms with E-state index in [1.165, 1.54) is 16.8 Å². The van der Waals surface area contributed by atoms with E-state index in [1.54, 1.807) is 0 Å². The molecule has 2 N–H and O–H groups in total. The molecule has 3 rings (SSSR count). The Morgan fingerprint density at radius 1 is 1.15 bits per heavy atom. The van der Waals surface area contributed by atoms with E-state index in [0.717, 1.165) is 29.0 Å². The van der Waals surface area contributed by atoms with Gasteiger partial charge >= 0.3 is 0 Å². The molecular formula is C16H16BrClN2. The fourth-order valence-corrected chi connectivity index (χ4v) is 3.02. The second-order valence-corrected chi connectivity index (χ2v) is 6.44. The average Bonchev–Trinajstić information content (AvgIpc) is 2.64. The summed E-state index contributed by atoms with van der Waals surface area (Å²) >= 11 is 9.45. The van der Waals surface area contributed by atoms with Crippen molar-refractivity contribution in [3.63, 3.8) is 0 Å². The second kappa shape index (κ2) is 6.17. The van der Waals surface area contributed by atoms with E-state index in [1.807, 2.05) is 12.1 Å². The number of halogens is 2. The molecule has 2 aromatic rings. The predicted octanol–water partition coefficient (Wildman–Crippen LogP) is 4.23. The van der Waals surface area contributed by atoms with Gasteiger partial charge in [-0.05, 0) is 47.9 Å². The first kappa shape index (κ1) is 13.9. The zero-order valence-electron chi connectivity index (χ0n) is 11.0. The van der Waals surface area contributed by atoms with Crippen LogP contribution in [0.1, 0.15) is 11.1 Å². The lowest BCUT2D eigenvalue weighted by Gasteiger charge is -2.16. The van der Waals surface area contributed by atoms with Gasteiger partial charge in [-0.2, -0.15) is 0 Å². The van der Waals surface area contributed by atoms with Gasteiger partial charge in [-0.25, -0.2) is 0 Å². The van der Waals surface area contributed by atoms with Crippen molar-refractivity contribution in [2.24, 2.45) is 0 Å². The van der Waals surface area contributed by atoms with E-state index < -0.39 is 0 Å². The molecule has 104 valence electrons. The molecule has 0 aromatic heterocycles. The van der Waals surface area contributed by atoms with Crippen LogP contribution in [0.2, 0.25) is 5.02 Å². The van der Waals surface area contributed by atoms with Crippen LogP contribution in [0.15, 0.2) is 46.9 Å². The van der Waals surface area contributed by atoms with E-state index in [9.17, 15) is 0 Å². The van der Waals surface area contributed by atoms with Gasteiger partial charge in [0.25, 0.3) is 0 Å². The highest BCUT2D eigenvalue weighted by atomic mass is 79.9. The maximum atomic E-state index is 5.92. The molecule has 0 saturated carbocycles. The molecule has 4 heteroatoms. The van der Waals surface area contributed by atoms with Crippen LogP contribution in [0, 0.1) is 0 Å². The topological polar surface area (TPSA) is 24.1 Å². The summed E-state index contributed by atoms with van der Waals surface area (Å²) in [6.45, 7) is 1.82. The van der Waals surface area contributed by atoms with E-state index in [0.29, 0.717) is 6.04 Å². The van der Waals surface area contributed by atoms with Crippen LogP contribution in [0.25, 0.3) is 0 Å². The maximum absolute atomic E-state index is 5.92. The zero-order valence-corrected chi connectivity index (χ0v) is 13.3. The first-order valence-corrected chi connectivity index (χ1v) is 7.88. The third-order valence-electron chi connectivity index (χ3n) is 3.58. The van der Waals surface area contributed by atoms with Crippen molar-refractivity contribution in [2.45, 2.75) is 19.0 Å². The van der Waals surface area contributed by atoms with Crippen molar-refractivity contribution in [3.05, 3.63) is 63.1 Å². The molecular weight excluding hydrogens is 336 g/mol. The van der Waals surface area contributed by atoms with Crippen LogP contribution in [0.5, 0.6) is 0 Å². The van der Waals surface area contributed by atoms with Crippen LogP contribution in [-0.4, -0.2) is 12.6 Å². The molecule has 1 aliphatic heterocycles. The molecule has 0 aliphatic carbocycles. The first-order chi connectivity index (χ1) is 9.70. The molecule has 1 unspecified atom stereocenters. The number of fused-ring (bicyclic) bond motifs is 1. The van der Waals surface area contributed by atoms with Crippen molar-refractivity contribution < 1.29 is 0 Å². The SMILES string of the molecule is Clc1ccc(CC2CNc3ccc(Br)cc3CN2)cc1. The summed E-state index contributed by atoms with van der Waals surface area (Å²) in [5.74, 6) is 0. The van der Waals surface area contributed by atoms with Gasteiger partial charge < -0.3 is 10.6 Å². The molecule has 0 amide bonds. The Morgan fingerprint density at radius 2 is 1.95 bits per heavy atom. The summed E-state index contributed by atoms with van der Waals surface area (Å²) in [6, 6.07) is 14.9. The van der Waals surface area contributed by atoms with Gasteiger partial charge in [-0.1, -0.05) is 39.7 Å². The molecule has 20 heavy (non-hydrogen) atoms. The minimum Gasteiger partial charge on any atom is -0.383 e. The molecule has 0 bridgehead atoms. The predicted molar refractivity (Wildman–Crippen MR) is 88.4 cm³/mol. The monoisotopic (exact) mass is 350 g/mol. The van der Waals surface area contributed by atoms with E-state index in [-0.39, 0.29) is 0 Å². The van der Waals surface area contributed by atoms with E-state index in [2.05, 4.69) is 56.9 Å². The zero-order chi connectivity index (χ0) is 13.9. The van der Waals surface area contributed by atoms with Gasteiger partial charge in [-0.15, -0.1) is 0 Å². The number of anilines is 1. The van der Waals surface area contributed by atoms with Crippen molar-refractivity contribution in [1.29, 1.82) is 0 Å². The minimum absolute atomic E-state index is 0.419. The van der Waals surface area contributed by atoms with Gasteiger partial charge in [0.1, 0.15) is 0 Å². The largest absolute Gasteiger partial charge is 0.383 e. The van der Waals surface area contributed by atoms with E-state index >= 15 is 0 Å². The number of benzene rings is 2. The van der Waals surface area contributed by atoms with Gasteiger partial charge in [0.15, 0.2) is 0 Å². The molecule has 1 aliphatic rings. The number of hydrogen-bond donors (Lipinski definition) is 2. The quantitative estimate of drug-likeness (QED) is 0.846. The summed E-state index contributed by atoms with van der Waals surface area (Å²) < 4.78 is 1.12. The second-order valence-electron chi connectivity index (χ2n) is 5.09. The lowest BCUT2D eigenvalue weighted by Crippen LogP contribution is -2.34. The number of hydrogen-bond acceptors (Lipinski definition) is 2. The minimum atomic E-state index is 0.419. The molecule has 1 heterocycles. The lowest BCUT2D eigenvalue weighted by molar-refractivity contribution is 0.537. The van der Waals surface area contributed by atoms with Crippen molar-refractivity contribution in [3.8, 4) is 0 Å². The van der Waals surface area contributed by atoms with Gasteiger partial charge in [0.05, 0.1) is 0 Å². The molecule has 2 aromatic carbocycles. The normalized spacial score (nSPS) is 18.0. The first-order valence-electron chi connectivity index (χ1n) is 6.71. The summed E-state index contributed by atoms with van der Waals surface area (Å²) in [5, 5.41) is 7.93. The van der Waals surface area contributed by atoms with Gasteiger partial charge in [-0.3, -0.25) is 0 Å². The Kier molecular flexibility index (Phi) is 4.29. The Morgan fingerprint density at radius 3 is 2.75 bits per heavy atom. The Hall–Kier alpha value is -1.03. The summed E-state index contributed by atoms with van der Waals surface area (Å²) in [7, 11) is 0. The highest BCUT2D eigenvalue weighted by Gasteiger charge is 2.15. The van der Waals surface area contributed by atoms with Crippen LogP contribution in [0.4, 0.5) is 5.69 Å². The fraction of sp³-hybridized carbons (Fsp3) is 0.250. The fourth-order valence-electron chi connectivity index (χ4n) is 2.49. The van der Waals surface area contributed by atoms with Crippen LogP contribution >= 0.6 is 27.5 Å². The Labute approximate surface area is 132 Å². The third-order valence-corrected chi connectivity index (χ3v) is 4.33. The standard InChI is InChI=1S/C16H16BrClN2/c17-13-3-6-16-12(8-13)9-19-15(10-20-16)7-11-1-4-14(18)5-2-11/h1-6,8,15,19-20H,7,9-10H2. The highest BCUT2D eigenvalue weighted by molar-refractivity contribution is 9.10. The summed E-state index contributed by atoms with van der Waals surface area (Å²) in [5.41, 5.74) is 3.83. The van der Waals surface area contributed by atoms with Crippen LogP contribution in [-0.2, 0) is 13.0 Å². The molecule has 0 radical (unpaired) electrons. The molecule has 0 fully saturated rings. The number of nitrogens with one attached hydrogen (secondary N) is 2. The average molecular weight is 352 g/mol. The number of rotatable bonds is 2.